The Morgan fingerprint density at radius 3 is 2.43 bits per heavy atom. The van der Waals surface area contributed by atoms with Crippen LogP contribution in [0.2, 0.25) is 0 Å². The maximum absolute atomic E-state index is 13.7. The number of nitrogens with one attached hydrogen (secondary N) is 2. The molecule has 0 saturated carbocycles. The van der Waals surface area contributed by atoms with Crippen LogP contribution in [0, 0.1) is 22.5 Å². The number of nitrogens with zero attached hydrogens (tertiary/aromatic N) is 3. The molecule has 0 aliphatic heterocycles. The van der Waals surface area contributed by atoms with Gasteiger partial charge in [0, 0.05) is 24.2 Å². The Bertz CT molecular complexity index is 950. The molecule has 23 heavy (non-hydrogen) atoms. The summed E-state index contributed by atoms with van der Waals surface area (Å²) in [6.07, 6.45) is 0.849. The quantitative estimate of drug-likeness (QED) is 0.576. The summed E-state index contributed by atoms with van der Waals surface area (Å²) in [5, 5.41) is 15.6. The van der Waals surface area contributed by atoms with Crippen molar-refractivity contribution in [3.63, 3.8) is 0 Å². The highest BCUT2D eigenvalue weighted by Gasteiger charge is 2.16. The Morgan fingerprint density at radius 1 is 1.13 bits per heavy atom. The van der Waals surface area contributed by atoms with Crippen molar-refractivity contribution in [3.8, 4) is 0 Å². The topological polar surface area (TPSA) is 68.8 Å². The number of rotatable bonds is 3. The maximum atomic E-state index is 13.7. The molecule has 116 valence electrons. The van der Waals surface area contributed by atoms with Crippen LogP contribution in [0.3, 0.4) is 0 Å². The largest absolute Gasteiger partial charge is 0.329 e. The number of para-hydroxylation sites is 1. The van der Waals surface area contributed by atoms with Crippen molar-refractivity contribution in [2.45, 2.75) is 0 Å². The molecule has 0 aliphatic carbocycles. The molecule has 3 aromatic rings. The minimum absolute atomic E-state index is 0.205. The molecule has 1 heterocycles. The van der Waals surface area contributed by atoms with E-state index in [2.05, 4.69) is 4.98 Å². The van der Waals surface area contributed by atoms with Crippen LogP contribution >= 0.6 is 0 Å². The van der Waals surface area contributed by atoms with E-state index in [4.69, 9.17) is 10.8 Å². The molecule has 0 bridgehead atoms. The molecule has 3 rings (SSSR count). The van der Waals surface area contributed by atoms with Gasteiger partial charge in [-0.3, -0.25) is 15.4 Å². The average molecular weight is 313 g/mol. The van der Waals surface area contributed by atoms with Crippen molar-refractivity contribution < 1.29 is 8.78 Å². The molecule has 0 spiro atoms. The SMILES string of the molecule is CN(c1ccccc1)c1nc(=N)n(C=N)c2cc(F)c(F)cc12. The van der Waals surface area contributed by atoms with Crippen LogP contribution in [-0.2, 0) is 0 Å². The minimum Gasteiger partial charge on any atom is -0.329 e. The number of aromatic nitrogens is 2. The van der Waals surface area contributed by atoms with E-state index >= 15 is 0 Å². The third-order valence-corrected chi connectivity index (χ3v) is 3.57. The molecule has 0 saturated heterocycles. The van der Waals surface area contributed by atoms with Crippen molar-refractivity contribution in [2.24, 2.45) is 0 Å². The highest BCUT2D eigenvalue weighted by molar-refractivity contribution is 5.94. The zero-order chi connectivity index (χ0) is 16.6. The molecule has 5 nitrogen and oxygen atoms in total. The molecular weight excluding hydrogens is 300 g/mol. The van der Waals surface area contributed by atoms with E-state index in [9.17, 15) is 8.78 Å². The van der Waals surface area contributed by atoms with Crippen LogP contribution in [0.25, 0.3) is 10.9 Å². The van der Waals surface area contributed by atoms with E-state index in [1.807, 2.05) is 30.3 Å². The Morgan fingerprint density at radius 2 is 1.78 bits per heavy atom. The summed E-state index contributed by atoms with van der Waals surface area (Å²) >= 11 is 0. The molecule has 0 radical (unpaired) electrons. The van der Waals surface area contributed by atoms with Gasteiger partial charge in [-0.1, -0.05) is 18.2 Å². The summed E-state index contributed by atoms with van der Waals surface area (Å²) in [6.45, 7) is 0. The van der Waals surface area contributed by atoms with E-state index in [0.717, 1.165) is 28.7 Å². The van der Waals surface area contributed by atoms with Gasteiger partial charge in [0.25, 0.3) is 0 Å². The summed E-state index contributed by atoms with van der Waals surface area (Å²) < 4.78 is 28.4. The molecule has 7 heteroatoms. The molecule has 2 N–H and O–H groups in total. The average Bonchev–Trinajstić information content (AvgIpc) is 2.56. The van der Waals surface area contributed by atoms with Gasteiger partial charge in [-0.2, -0.15) is 4.98 Å². The molecule has 2 aromatic carbocycles. The molecular formula is C16H13F2N5. The second kappa shape index (κ2) is 5.60. The standard InChI is InChI=1S/C16H13F2N5/c1-22(10-5-3-2-4-6-10)15-11-7-12(17)13(18)8-14(11)23(9-19)16(20)21-15/h2-9,19-20H,1H3. The second-order valence-electron chi connectivity index (χ2n) is 4.94. The van der Waals surface area contributed by atoms with Crippen LogP contribution in [0.15, 0.2) is 42.5 Å². The van der Waals surface area contributed by atoms with E-state index in [0.29, 0.717) is 11.2 Å². The smallest absolute Gasteiger partial charge is 0.229 e. The minimum atomic E-state index is -1.04. The van der Waals surface area contributed by atoms with Crippen molar-refractivity contribution in [2.75, 3.05) is 11.9 Å². The molecule has 0 amide bonds. The number of benzene rings is 2. The Balaban J connectivity index is 2.35. The van der Waals surface area contributed by atoms with Crippen molar-refractivity contribution in [1.29, 1.82) is 10.8 Å². The van der Waals surface area contributed by atoms with E-state index in [-0.39, 0.29) is 11.1 Å². The number of hydrogen-bond donors (Lipinski definition) is 2. The zero-order valence-corrected chi connectivity index (χ0v) is 12.2. The van der Waals surface area contributed by atoms with Gasteiger partial charge >= 0.3 is 0 Å². The zero-order valence-electron chi connectivity index (χ0n) is 12.2. The fourth-order valence-electron chi connectivity index (χ4n) is 2.40. The van der Waals surface area contributed by atoms with Gasteiger partial charge in [0.15, 0.2) is 11.6 Å². The Labute approximate surface area is 130 Å². The summed E-state index contributed by atoms with van der Waals surface area (Å²) in [7, 11) is 1.73. The van der Waals surface area contributed by atoms with E-state index in [1.54, 1.807) is 11.9 Å². The lowest BCUT2D eigenvalue weighted by Crippen LogP contribution is -2.26. The summed E-state index contributed by atoms with van der Waals surface area (Å²) in [4.78, 5) is 5.82. The van der Waals surface area contributed by atoms with Gasteiger partial charge in [-0.25, -0.2) is 8.78 Å². The number of halogens is 2. The van der Waals surface area contributed by atoms with Crippen LogP contribution in [0.4, 0.5) is 20.3 Å². The third-order valence-electron chi connectivity index (χ3n) is 3.57. The summed E-state index contributed by atoms with van der Waals surface area (Å²) in [5.41, 5.74) is 0.756. The van der Waals surface area contributed by atoms with Crippen LogP contribution in [0.5, 0.6) is 0 Å². The second-order valence-corrected chi connectivity index (χ2v) is 4.94. The maximum Gasteiger partial charge on any atom is 0.229 e. The van der Waals surface area contributed by atoms with Crippen molar-refractivity contribution >= 4 is 28.7 Å². The fraction of sp³-hybridized carbons (Fsp3) is 0.0625. The van der Waals surface area contributed by atoms with Gasteiger partial charge < -0.3 is 4.90 Å². The van der Waals surface area contributed by atoms with Gasteiger partial charge in [0.2, 0.25) is 5.62 Å². The summed E-state index contributed by atoms with van der Waals surface area (Å²) in [5.74, 6) is -1.73. The number of fused-ring (bicyclic) bond motifs is 1. The lowest BCUT2D eigenvalue weighted by molar-refractivity contribution is 0.510. The molecule has 0 unspecified atom stereocenters. The number of hydrogen-bond acceptors (Lipinski definition) is 4. The molecule has 0 aliphatic rings. The lowest BCUT2D eigenvalue weighted by Gasteiger charge is -2.21. The first-order valence-electron chi connectivity index (χ1n) is 6.78. The van der Waals surface area contributed by atoms with Gasteiger partial charge in [-0.05, 0) is 18.2 Å². The highest BCUT2D eigenvalue weighted by atomic mass is 19.2. The Hall–Kier alpha value is -3.09. The third kappa shape index (κ3) is 2.46. The predicted molar refractivity (Wildman–Crippen MR) is 84.2 cm³/mol. The first-order chi connectivity index (χ1) is 11.0. The fourth-order valence-corrected chi connectivity index (χ4v) is 2.40. The van der Waals surface area contributed by atoms with Crippen molar-refractivity contribution in [1.82, 2.24) is 9.55 Å². The highest BCUT2D eigenvalue weighted by Crippen LogP contribution is 2.29. The molecule has 0 atom stereocenters. The van der Waals surface area contributed by atoms with E-state index in [1.165, 1.54) is 0 Å². The molecule has 1 aromatic heterocycles. The van der Waals surface area contributed by atoms with Gasteiger partial charge in [-0.15, -0.1) is 0 Å². The van der Waals surface area contributed by atoms with Gasteiger partial charge in [0.1, 0.15) is 5.82 Å². The first kappa shape index (κ1) is 14.8. The predicted octanol–water partition coefficient (Wildman–Crippen LogP) is 3.02. The van der Waals surface area contributed by atoms with Crippen LogP contribution in [-0.4, -0.2) is 22.9 Å². The van der Waals surface area contributed by atoms with Crippen molar-refractivity contribution in [3.05, 3.63) is 59.7 Å². The Kier molecular flexibility index (Phi) is 3.61. The first-order valence-corrected chi connectivity index (χ1v) is 6.78. The number of anilines is 2. The van der Waals surface area contributed by atoms with E-state index < -0.39 is 11.6 Å². The van der Waals surface area contributed by atoms with Crippen LogP contribution < -0.4 is 10.5 Å². The lowest BCUT2D eigenvalue weighted by atomic mass is 10.2. The summed E-state index contributed by atoms with van der Waals surface area (Å²) in [6, 6.07) is 11.2. The van der Waals surface area contributed by atoms with Crippen LogP contribution in [0.1, 0.15) is 0 Å². The normalized spacial score (nSPS) is 10.7. The monoisotopic (exact) mass is 313 g/mol. The van der Waals surface area contributed by atoms with Gasteiger partial charge in [0.05, 0.1) is 11.9 Å². The molecule has 0 fully saturated rings.